The molecule has 0 spiro atoms. The predicted molar refractivity (Wildman–Crippen MR) is 103 cm³/mol. The maximum atomic E-state index is 12.5. The number of furan rings is 1. The highest BCUT2D eigenvalue weighted by Gasteiger charge is 2.16. The molecule has 1 aliphatic heterocycles. The number of amides is 1. The summed E-state index contributed by atoms with van der Waals surface area (Å²) in [5.41, 5.74) is 0.478. The molecule has 1 amide bonds. The quantitative estimate of drug-likeness (QED) is 0.648. The van der Waals surface area contributed by atoms with Crippen LogP contribution in [0.1, 0.15) is 16.3 Å². The standard InChI is InChI=1S/C21H19NO7/c1-24-13-3-6-17(25-2)16(9-13)22-21(23)19-8-5-15(29-19)11-26-14-4-7-18-20(10-14)28-12-27-18/h3-10H,11-12H2,1-2H3,(H,22,23). The number of anilines is 1. The molecule has 0 bridgehead atoms. The molecule has 0 unspecified atom stereocenters. The molecule has 1 aromatic heterocycles. The molecular formula is C21H19NO7. The van der Waals surface area contributed by atoms with E-state index >= 15 is 0 Å². The monoisotopic (exact) mass is 397 g/mol. The summed E-state index contributed by atoms with van der Waals surface area (Å²) in [4.78, 5) is 12.5. The number of carbonyl (C=O) groups excluding carboxylic acids is 1. The maximum Gasteiger partial charge on any atom is 0.291 e. The van der Waals surface area contributed by atoms with Gasteiger partial charge >= 0.3 is 0 Å². The Morgan fingerprint density at radius 3 is 2.62 bits per heavy atom. The van der Waals surface area contributed by atoms with Crippen LogP contribution in [0, 0.1) is 0 Å². The number of methoxy groups -OCH3 is 2. The van der Waals surface area contributed by atoms with Gasteiger partial charge in [0.05, 0.1) is 19.9 Å². The van der Waals surface area contributed by atoms with Gasteiger partial charge in [0.1, 0.15) is 29.6 Å². The van der Waals surface area contributed by atoms with Crippen LogP contribution in [-0.4, -0.2) is 26.9 Å². The van der Waals surface area contributed by atoms with Gasteiger partial charge < -0.3 is 33.4 Å². The number of hydrogen-bond donors (Lipinski definition) is 1. The molecule has 0 aliphatic carbocycles. The van der Waals surface area contributed by atoms with Crippen LogP contribution in [0.4, 0.5) is 5.69 Å². The van der Waals surface area contributed by atoms with Crippen molar-refractivity contribution in [2.75, 3.05) is 26.3 Å². The van der Waals surface area contributed by atoms with Crippen molar-refractivity contribution in [1.29, 1.82) is 0 Å². The van der Waals surface area contributed by atoms with E-state index in [4.69, 9.17) is 28.1 Å². The minimum Gasteiger partial charge on any atom is -0.497 e. The third-order valence-corrected chi connectivity index (χ3v) is 4.27. The number of carbonyl (C=O) groups is 1. The average molecular weight is 397 g/mol. The van der Waals surface area contributed by atoms with Crippen LogP contribution >= 0.6 is 0 Å². The number of rotatable bonds is 7. The van der Waals surface area contributed by atoms with Gasteiger partial charge in [-0.2, -0.15) is 0 Å². The Balaban J connectivity index is 1.40. The van der Waals surface area contributed by atoms with Crippen molar-refractivity contribution in [3.63, 3.8) is 0 Å². The molecule has 0 radical (unpaired) electrons. The zero-order valence-electron chi connectivity index (χ0n) is 15.9. The minimum absolute atomic E-state index is 0.152. The van der Waals surface area contributed by atoms with Crippen molar-refractivity contribution in [3.05, 3.63) is 60.1 Å². The summed E-state index contributed by atoms with van der Waals surface area (Å²) in [6.07, 6.45) is 0. The van der Waals surface area contributed by atoms with Crippen molar-refractivity contribution in [2.24, 2.45) is 0 Å². The lowest BCUT2D eigenvalue weighted by atomic mass is 10.2. The van der Waals surface area contributed by atoms with Crippen LogP contribution in [0.15, 0.2) is 52.9 Å². The SMILES string of the molecule is COc1ccc(OC)c(NC(=O)c2ccc(COc3ccc4c(c3)OCO4)o2)c1. The highest BCUT2D eigenvalue weighted by atomic mass is 16.7. The van der Waals surface area contributed by atoms with Crippen LogP contribution in [0.25, 0.3) is 0 Å². The Morgan fingerprint density at radius 2 is 1.79 bits per heavy atom. The number of hydrogen-bond acceptors (Lipinski definition) is 7. The molecule has 0 saturated carbocycles. The molecule has 29 heavy (non-hydrogen) atoms. The van der Waals surface area contributed by atoms with Crippen LogP contribution in [0.2, 0.25) is 0 Å². The molecule has 150 valence electrons. The van der Waals surface area contributed by atoms with E-state index in [1.165, 1.54) is 7.11 Å². The Hall–Kier alpha value is -3.81. The zero-order valence-corrected chi connectivity index (χ0v) is 15.9. The average Bonchev–Trinajstić information content (AvgIpc) is 3.41. The van der Waals surface area contributed by atoms with Crippen molar-refractivity contribution in [1.82, 2.24) is 0 Å². The molecule has 0 saturated heterocycles. The summed E-state index contributed by atoms with van der Waals surface area (Å²) in [5.74, 6) is 3.28. The van der Waals surface area contributed by atoms with Crippen LogP contribution in [0.5, 0.6) is 28.7 Å². The fourth-order valence-corrected chi connectivity index (χ4v) is 2.79. The van der Waals surface area contributed by atoms with E-state index in [-0.39, 0.29) is 19.2 Å². The first-order valence-electron chi connectivity index (χ1n) is 8.81. The Morgan fingerprint density at radius 1 is 0.966 bits per heavy atom. The number of ether oxygens (including phenoxy) is 5. The highest BCUT2D eigenvalue weighted by molar-refractivity contribution is 6.03. The Kier molecular flexibility index (Phi) is 5.15. The molecule has 0 atom stereocenters. The molecule has 0 fully saturated rings. The molecule has 1 N–H and O–H groups in total. The number of nitrogens with one attached hydrogen (secondary N) is 1. The number of fused-ring (bicyclic) bond motifs is 1. The van der Waals surface area contributed by atoms with E-state index < -0.39 is 5.91 Å². The maximum absolute atomic E-state index is 12.5. The second-order valence-electron chi connectivity index (χ2n) is 6.09. The van der Waals surface area contributed by atoms with Crippen molar-refractivity contribution in [2.45, 2.75) is 6.61 Å². The van der Waals surface area contributed by atoms with Gasteiger partial charge in [-0.05, 0) is 36.4 Å². The third-order valence-electron chi connectivity index (χ3n) is 4.27. The Bertz CT molecular complexity index is 1030. The van der Waals surface area contributed by atoms with E-state index in [0.717, 1.165) is 0 Å². The second kappa shape index (κ2) is 8.05. The minimum atomic E-state index is -0.411. The van der Waals surface area contributed by atoms with Gasteiger partial charge in [0.25, 0.3) is 5.91 Å². The van der Waals surface area contributed by atoms with Crippen molar-refractivity contribution >= 4 is 11.6 Å². The van der Waals surface area contributed by atoms with E-state index in [0.29, 0.717) is 40.2 Å². The lowest BCUT2D eigenvalue weighted by Gasteiger charge is -2.11. The lowest BCUT2D eigenvalue weighted by molar-refractivity contribution is 0.0992. The zero-order chi connectivity index (χ0) is 20.2. The first kappa shape index (κ1) is 18.5. The van der Waals surface area contributed by atoms with Gasteiger partial charge in [0.2, 0.25) is 6.79 Å². The van der Waals surface area contributed by atoms with Gasteiger partial charge in [-0.3, -0.25) is 4.79 Å². The fraction of sp³-hybridized carbons (Fsp3) is 0.190. The molecule has 3 aromatic rings. The molecule has 8 heteroatoms. The van der Waals surface area contributed by atoms with E-state index in [1.54, 1.807) is 55.6 Å². The third kappa shape index (κ3) is 4.06. The largest absolute Gasteiger partial charge is 0.497 e. The van der Waals surface area contributed by atoms with Gasteiger partial charge in [0, 0.05) is 12.1 Å². The van der Waals surface area contributed by atoms with Gasteiger partial charge in [-0.25, -0.2) is 0 Å². The molecule has 4 rings (SSSR count). The fourth-order valence-electron chi connectivity index (χ4n) is 2.79. The lowest BCUT2D eigenvalue weighted by Crippen LogP contribution is -2.12. The van der Waals surface area contributed by atoms with Gasteiger partial charge in [0.15, 0.2) is 17.3 Å². The topological polar surface area (TPSA) is 88.4 Å². The molecule has 8 nitrogen and oxygen atoms in total. The molecule has 2 heterocycles. The summed E-state index contributed by atoms with van der Waals surface area (Å²) >= 11 is 0. The van der Waals surface area contributed by atoms with Crippen LogP contribution < -0.4 is 29.0 Å². The predicted octanol–water partition coefficient (Wildman–Crippen LogP) is 3.86. The van der Waals surface area contributed by atoms with Gasteiger partial charge in [-0.1, -0.05) is 0 Å². The van der Waals surface area contributed by atoms with Crippen molar-refractivity contribution in [3.8, 4) is 28.7 Å². The van der Waals surface area contributed by atoms with Gasteiger partial charge in [-0.15, -0.1) is 0 Å². The van der Waals surface area contributed by atoms with E-state index in [2.05, 4.69) is 5.32 Å². The first-order chi connectivity index (χ1) is 14.2. The van der Waals surface area contributed by atoms with E-state index in [9.17, 15) is 4.79 Å². The van der Waals surface area contributed by atoms with E-state index in [1.807, 2.05) is 0 Å². The number of benzene rings is 2. The summed E-state index contributed by atoms with van der Waals surface area (Å²) in [7, 11) is 3.07. The normalized spacial score (nSPS) is 11.8. The summed E-state index contributed by atoms with van der Waals surface area (Å²) in [5, 5.41) is 2.76. The smallest absolute Gasteiger partial charge is 0.291 e. The highest BCUT2D eigenvalue weighted by Crippen LogP contribution is 2.35. The summed E-state index contributed by atoms with van der Waals surface area (Å²) in [6.45, 7) is 0.364. The summed E-state index contributed by atoms with van der Waals surface area (Å²) < 4.78 is 32.3. The van der Waals surface area contributed by atoms with Crippen LogP contribution in [0.3, 0.4) is 0 Å². The van der Waals surface area contributed by atoms with Crippen LogP contribution in [-0.2, 0) is 6.61 Å². The molecule has 1 aliphatic rings. The van der Waals surface area contributed by atoms with Crippen molar-refractivity contribution < 1.29 is 32.9 Å². The molecular weight excluding hydrogens is 378 g/mol. The molecule has 2 aromatic carbocycles. The second-order valence-corrected chi connectivity index (χ2v) is 6.09. The Labute approximate surface area is 166 Å². The summed E-state index contributed by atoms with van der Waals surface area (Å²) in [6, 6.07) is 13.7. The first-order valence-corrected chi connectivity index (χ1v) is 8.81.